The van der Waals surface area contributed by atoms with Crippen molar-refractivity contribution in [3.63, 3.8) is 0 Å². The van der Waals surface area contributed by atoms with E-state index in [2.05, 4.69) is 20.6 Å². The van der Waals surface area contributed by atoms with Crippen molar-refractivity contribution in [3.05, 3.63) is 41.7 Å². The van der Waals surface area contributed by atoms with Gasteiger partial charge in [0, 0.05) is 30.3 Å². The predicted molar refractivity (Wildman–Crippen MR) is 77.8 cm³/mol. The maximum atomic E-state index is 13.2. The van der Waals surface area contributed by atoms with Gasteiger partial charge in [-0.25, -0.2) is 18.7 Å². The van der Waals surface area contributed by atoms with Gasteiger partial charge in [-0.2, -0.15) is 0 Å². The SMILES string of the molecule is CCNc1cc(Nc2cc(F)cc(F)c2)nc(C2CC2)n1. The average Bonchev–Trinajstić information content (AvgIpc) is 3.21. The van der Waals surface area contributed by atoms with Crippen LogP contribution in [0.1, 0.15) is 31.5 Å². The van der Waals surface area contributed by atoms with Gasteiger partial charge in [-0.05, 0) is 31.9 Å². The number of nitrogens with one attached hydrogen (secondary N) is 2. The number of hydrogen-bond acceptors (Lipinski definition) is 4. The Kier molecular flexibility index (Phi) is 3.68. The summed E-state index contributed by atoms with van der Waals surface area (Å²) in [5.41, 5.74) is 0.329. The van der Waals surface area contributed by atoms with Crippen LogP contribution in [0.2, 0.25) is 0 Å². The van der Waals surface area contributed by atoms with E-state index in [-0.39, 0.29) is 0 Å². The fourth-order valence-electron chi connectivity index (χ4n) is 2.10. The lowest BCUT2D eigenvalue weighted by atomic mass is 10.3. The summed E-state index contributed by atoms with van der Waals surface area (Å²) < 4.78 is 26.4. The first-order valence-corrected chi connectivity index (χ1v) is 7.00. The third kappa shape index (κ3) is 3.45. The lowest BCUT2D eigenvalue weighted by Crippen LogP contribution is -2.05. The molecule has 4 nitrogen and oxygen atoms in total. The molecule has 1 heterocycles. The molecule has 1 fully saturated rings. The van der Waals surface area contributed by atoms with Crippen LogP contribution in [0.3, 0.4) is 0 Å². The first-order chi connectivity index (χ1) is 10.1. The van der Waals surface area contributed by atoms with Crippen LogP contribution in [0.15, 0.2) is 24.3 Å². The molecule has 0 bridgehead atoms. The van der Waals surface area contributed by atoms with E-state index in [9.17, 15) is 8.78 Å². The Morgan fingerprint density at radius 1 is 1.05 bits per heavy atom. The zero-order valence-electron chi connectivity index (χ0n) is 11.7. The summed E-state index contributed by atoms with van der Waals surface area (Å²) in [6.45, 7) is 2.73. The number of rotatable bonds is 5. The van der Waals surface area contributed by atoms with Gasteiger partial charge >= 0.3 is 0 Å². The van der Waals surface area contributed by atoms with Crippen LogP contribution in [0.25, 0.3) is 0 Å². The Morgan fingerprint density at radius 3 is 2.33 bits per heavy atom. The van der Waals surface area contributed by atoms with Crippen molar-refractivity contribution in [2.45, 2.75) is 25.7 Å². The van der Waals surface area contributed by atoms with Crippen LogP contribution in [-0.2, 0) is 0 Å². The molecule has 1 aliphatic carbocycles. The largest absolute Gasteiger partial charge is 0.370 e. The molecule has 0 saturated heterocycles. The fourth-order valence-corrected chi connectivity index (χ4v) is 2.10. The predicted octanol–water partition coefficient (Wildman–Crippen LogP) is 3.81. The highest BCUT2D eigenvalue weighted by Crippen LogP contribution is 2.39. The van der Waals surface area contributed by atoms with E-state index in [1.165, 1.54) is 12.1 Å². The van der Waals surface area contributed by atoms with Gasteiger partial charge in [0.2, 0.25) is 0 Å². The number of benzene rings is 1. The zero-order valence-corrected chi connectivity index (χ0v) is 11.7. The lowest BCUT2D eigenvalue weighted by Gasteiger charge is -2.10. The Balaban J connectivity index is 1.89. The average molecular weight is 290 g/mol. The number of anilines is 3. The van der Waals surface area contributed by atoms with Gasteiger partial charge in [-0.3, -0.25) is 0 Å². The van der Waals surface area contributed by atoms with Gasteiger partial charge in [0.1, 0.15) is 29.1 Å². The van der Waals surface area contributed by atoms with E-state index < -0.39 is 11.6 Å². The summed E-state index contributed by atoms with van der Waals surface area (Å²) >= 11 is 0. The zero-order chi connectivity index (χ0) is 14.8. The summed E-state index contributed by atoms with van der Waals surface area (Å²) in [5, 5.41) is 6.08. The fraction of sp³-hybridized carbons (Fsp3) is 0.333. The molecule has 0 radical (unpaired) electrons. The molecule has 0 atom stereocenters. The minimum absolute atomic E-state index is 0.329. The van der Waals surface area contributed by atoms with E-state index in [0.717, 1.165) is 31.3 Å². The number of nitrogens with zero attached hydrogens (tertiary/aromatic N) is 2. The van der Waals surface area contributed by atoms with E-state index in [1.54, 1.807) is 6.07 Å². The number of aromatic nitrogens is 2. The van der Waals surface area contributed by atoms with Crippen molar-refractivity contribution < 1.29 is 8.78 Å². The minimum Gasteiger partial charge on any atom is -0.370 e. The molecule has 0 aliphatic heterocycles. The minimum atomic E-state index is -0.624. The Labute approximate surface area is 121 Å². The summed E-state index contributed by atoms with van der Waals surface area (Å²) in [4.78, 5) is 8.88. The van der Waals surface area contributed by atoms with Gasteiger partial charge in [-0.15, -0.1) is 0 Å². The summed E-state index contributed by atoms with van der Waals surface area (Å²) in [7, 11) is 0. The molecular formula is C15H16F2N4. The maximum Gasteiger partial charge on any atom is 0.136 e. The van der Waals surface area contributed by atoms with Crippen LogP contribution in [0.5, 0.6) is 0 Å². The van der Waals surface area contributed by atoms with Crippen molar-refractivity contribution in [2.75, 3.05) is 17.2 Å². The first kappa shape index (κ1) is 13.7. The van der Waals surface area contributed by atoms with Crippen LogP contribution in [-0.4, -0.2) is 16.5 Å². The second-order valence-corrected chi connectivity index (χ2v) is 5.08. The summed E-state index contributed by atoms with van der Waals surface area (Å²) in [6, 6.07) is 5.03. The van der Waals surface area contributed by atoms with E-state index in [4.69, 9.17) is 0 Å². The molecule has 1 aromatic carbocycles. The smallest absolute Gasteiger partial charge is 0.136 e. The monoisotopic (exact) mass is 290 g/mol. The van der Waals surface area contributed by atoms with E-state index >= 15 is 0 Å². The van der Waals surface area contributed by atoms with Gasteiger partial charge in [-0.1, -0.05) is 0 Å². The summed E-state index contributed by atoms with van der Waals surface area (Å²) in [5.74, 6) is 1.17. The highest BCUT2D eigenvalue weighted by atomic mass is 19.1. The molecule has 6 heteroatoms. The molecule has 3 rings (SSSR count). The van der Waals surface area contributed by atoms with Crippen LogP contribution in [0, 0.1) is 11.6 Å². The van der Waals surface area contributed by atoms with Gasteiger partial charge in [0.25, 0.3) is 0 Å². The van der Waals surface area contributed by atoms with Gasteiger partial charge in [0.15, 0.2) is 0 Å². The summed E-state index contributed by atoms with van der Waals surface area (Å²) in [6.07, 6.45) is 2.17. The van der Waals surface area contributed by atoms with E-state index in [0.29, 0.717) is 23.2 Å². The molecule has 1 aromatic heterocycles. The van der Waals surface area contributed by atoms with Crippen molar-refractivity contribution in [2.24, 2.45) is 0 Å². The Hall–Kier alpha value is -2.24. The molecule has 110 valence electrons. The molecule has 1 saturated carbocycles. The Bertz CT molecular complexity index is 636. The van der Waals surface area contributed by atoms with Crippen LogP contribution >= 0.6 is 0 Å². The standard InChI is InChI=1S/C15H16F2N4/c1-2-18-13-8-14(21-15(20-13)9-3-4-9)19-12-6-10(16)5-11(17)7-12/h5-9H,2-4H2,1H3,(H2,18,19,20,21). The van der Waals surface area contributed by atoms with Gasteiger partial charge < -0.3 is 10.6 Å². The molecular weight excluding hydrogens is 274 g/mol. The molecule has 0 unspecified atom stereocenters. The molecule has 2 N–H and O–H groups in total. The van der Waals surface area contributed by atoms with Crippen molar-refractivity contribution in [1.82, 2.24) is 9.97 Å². The highest BCUT2D eigenvalue weighted by molar-refractivity contribution is 5.59. The second-order valence-electron chi connectivity index (χ2n) is 5.08. The highest BCUT2D eigenvalue weighted by Gasteiger charge is 2.27. The maximum absolute atomic E-state index is 13.2. The Morgan fingerprint density at radius 2 is 1.71 bits per heavy atom. The normalized spacial score (nSPS) is 14.0. The quantitative estimate of drug-likeness (QED) is 0.879. The van der Waals surface area contributed by atoms with Gasteiger partial charge in [0.05, 0.1) is 0 Å². The van der Waals surface area contributed by atoms with Crippen molar-refractivity contribution >= 4 is 17.3 Å². The van der Waals surface area contributed by atoms with Crippen LogP contribution < -0.4 is 10.6 Å². The molecule has 2 aromatic rings. The third-order valence-corrected chi connectivity index (χ3v) is 3.18. The van der Waals surface area contributed by atoms with E-state index in [1.807, 2.05) is 6.92 Å². The molecule has 0 amide bonds. The third-order valence-electron chi connectivity index (χ3n) is 3.18. The molecule has 21 heavy (non-hydrogen) atoms. The number of halogens is 2. The molecule has 1 aliphatic rings. The first-order valence-electron chi connectivity index (χ1n) is 7.00. The van der Waals surface area contributed by atoms with Crippen molar-refractivity contribution in [1.29, 1.82) is 0 Å². The number of hydrogen-bond donors (Lipinski definition) is 2. The lowest BCUT2D eigenvalue weighted by molar-refractivity contribution is 0.584. The van der Waals surface area contributed by atoms with Crippen LogP contribution in [0.4, 0.5) is 26.1 Å². The second kappa shape index (κ2) is 5.63. The molecule has 0 spiro atoms. The topological polar surface area (TPSA) is 49.8 Å². The van der Waals surface area contributed by atoms with Crippen molar-refractivity contribution in [3.8, 4) is 0 Å².